The zero-order chi connectivity index (χ0) is 17.4. The minimum atomic E-state index is -0.257. The van der Waals surface area contributed by atoms with Crippen molar-refractivity contribution in [1.82, 2.24) is 0 Å². The van der Waals surface area contributed by atoms with Gasteiger partial charge in [-0.1, -0.05) is 32.9 Å². The molecular weight excluding hydrogens is 307 g/mol. The summed E-state index contributed by atoms with van der Waals surface area (Å²) in [5.74, 6) is 0.889. The summed E-state index contributed by atoms with van der Waals surface area (Å²) in [5, 5.41) is 0. The zero-order valence-electron chi connectivity index (χ0n) is 15.3. The number of ether oxygens (including phenoxy) is 3. The monoisotopic (exact) mass is 338 g/mol. The molecule has 0 atom stereocenters. The lowest BCUT2D eigenvalue weighted by molar-refractivity contribution is -0.181. The fourth-order valence-corrected chi connectivity index (χ4v) is 3.19. The fraction of sp³-hybridized carbons (Fsp3) is 0.700. The second kappa shape index (κ2) is 9.38. The molecule has 136 valence electrons. The van der Waals surface area contributed by atoms with Crippen molar-refractivity contribution in [2.24, 2.45) is 5.92 Å². The summed E-state index contributed by atoms with van der Waals surface area (Å²) in [4.78, 5) is 0. The van der Waals surface area contributed by atoms with Crippen LogP contribution in [0.4, 0.5) is 4.39 Å². The van der Waals surface area contributed by atoms with Crippen molar-refractivity contribution in [2.75, 3.05) is 19.8 Å². The van der Waals surface area contributed by atoms with E-state index in [1.807, 2.05) is 19.9 Å². The van der Waals surface area contributed by atoms with Crippen LogP contribution < -0.4 is 4.74 Å². The maximum Gasteiger partial charge on any atom is 0.168 e. The van der Waals surface area contributed by atoms with Crippen LogP contribution in [0.1, 0.15) is 58.4 Å². The Bertz CT molecular complexity index is 488. The van der Waals surface area contributed by atoms with E-state index in [0.717, 1.165) is 50.4 Å². The summed E-state index contributed by atoms with van der Waals surface area (Å²) < 4.78 is 29.8. The highest BCUT2D eigenvalue weighted by Gasteiger charge is 2.39. The van der Waals surface area contributed by atoms with Gasteiger partial charge in [0, 0.05) is 12.8 Å². The van der Waals surface area contributed by atoms with Gasteiger partial charge in [0.05, 0.1) is 19.8 Å². The Morgan fingerprint density at radius 3 is 2.42 bits per heavy atom. The first-order valence-electron chi connectivity index (χ1n) is 9.28. The van der Waals surface area contributed by atoms with Crippen LogP contribution in [0.25, 0.3) is 0 Å². The lowest BCUT2D eigenvalue weighted by atomic mass is 9.86. The van der Waals surface area contributed by atoms with Crippen molar-refractivity contribution < 1.29 is 18.6 Å². The first-order valence-corrected chi connectivity index (χ1v) is 9.28. The van der Waals surface area contributed by atoms with Crippen molar-refractivity contribution in [2.45, 2.75) is 65.1 Å². The Kier molecular flexibility index (Phi) is 7.50. The molecule has 2 aliphatic rings. The maximum atomic E-state index is 13.2. The Morgan fingerprint density at radius 2 is 1.83 bits per heavy atom. The molecule has 1 heterocycles. The van der Waals surface area contributed by atoms with Crippen LogP contribution in [0.15, 0.2) is 18.2 Å². The van der Waals surface area contributed by atoms with Crippen molar-refractivity contribution in [3.05, 3.63) is 29.6 Å². The van der Waals surface area contributed by atoms with E-state index < -0.39 is 0 Å². The molecule has 0 N–H and O–H groups in total. The van der Waals surface area contributed by atoms with Crippen LogP contribution in [-0.4, -0.2) is 25.6 Å². The number of para-hydroxylation sites is 1. The standard InChI is InChI=1S/C11H15FO.C9H16O2/c1-3-8-13-11-9(4-2)6-5-7-10(11)12;1-8-2-4-9(5-3-8)10-6-7-11-9/h5-7H,3-4,8H2,1-2H3;8H,2-7H2,1H3. The van der Waals surface area contributed by atoms with E-state index in [0.29, 0.717) is 12.4 Å². The van der Waals surface area contributed by atoms with Crippen molar-refractivity contribution >= 4 is 0 Å². The third-order valence-corrected chi connectivity index (χ3v) is 4.73. The number of rotatable bonds is 4. The van der Waals surface area contributed by atoms with E-state index in [4.69, 9.17) is 14.2 Å². The molecule has 1 saturated carbocycles. The van der Waals surface area contributed by atoms with Crippen LogP contribution in [0.2, 0.25) is 0 Å². The quantitative estimate of drug-likeness (QED) is 0.763. The molecule has 24 heavy (non-hydrogen) atoms. The highest BCUT2D eigenvalue weighted by molar-refractivity contribution is 5.34. The molecule has 1 aromatic carbocycles. The molecule has 1 aliphatic carbocycles. The molecule has 0 radical (unpaired) electrons. The Hall–Kier alpha value is -1.13. The fourth-order valence-electron chi connectivity index (χ4n) is 3.19. The van der Waals surface area contributed by atoms with Crippen LogP contribution in [0, 0.1) is 11.7 Å². The van der Waals surface area contributed by atoms with Gasteiger partial charge in [-0.3, -0.25) is 0 Å². The SMILES string of the molecule is CC1CCC2(CC1)OCCO2.CCCOc1c(F)cccc1CC. The van der Waals surface area contributed by atoms with Gasteiger partial charge in [-0.2, -0.15) is 0 Å². The summed E-state index contributed by atoms with van der Waals surface area (Å²) in [6, 6.07) is 5.05. The van der Waals surface area contributed by atoms with E-state index in [-0.39, 0.29) is 11.6 Å². The van der Waals surface area contributed by atoms with Gasteiger partial charge in [-0.15, -0.1) is 0 Å². The van der Waals surface area contributed by atoms with Crippen LogP contribution in [0.5, 0.6) is 5.75 Å². The summed E-state index contributed by atoms with van der Waals surface area (Å²) in [7, 11) is 0. The second-order valence-corrected chi connectivity index (χ2v) is 6.72. The first kappa shape index (κ1) is 19.2. The predicted molar refractivity (Wildman–Crippen MR) is 93.8 cm³/mol. The minimum absolute atomic E-state index is 0.146. The van der Waals surface area contributed by atoms with Gasteiger partial charge in [0.15, 0.2) is 17.4 Å². The molecule has 1 spiro atoms. The molecule has 0 amide bonds. The average Bonchev–Trinajstić information content (AvgIpc) is 3.05. The summed E-state index contributed by atoms with van der Waals surface area (Å²) in [6.07, 6.45) is 6.44. The van der Waals surface area contributed by atoms with Gasteiger partial charge >= 0.3 is 0 Å². The molecular formula is C20H31FO3. The van der Waals surface area contributed by atoms with Crippen molar-refractivity contribution in [3.63, 3.8) is 0 Å². The lowest BCUT2D eigenvalue weighted by Crippen LogP contribution is -2.34. The largest absolute Gasteiger partial charge is 0.490 e. The zero-order valence-corrected chi connectivity index (χ0v) is 15.3. The van der Waals surface area contributed by atoms with Gasteiger partial charge < -0.3 is 14.2 Å². The molecule has 0 unspecified atom stereocenters. The third kappa shape index (κ3) is 5.18. The summed E-state index contributed by atoms with van der Waals surface area (Å²) in [5.41, 5.74) is 0.938. The Balaban J connectivity index is 0.000000175. The molecule has 3 rings (SSSR count). The molecule has 0 aromatic heterocycles. The van der Waals surface area contributed by atoms with Gasteiger partial charge in [-0.05, 0) is 43.2 Å². The molecule has 2 fully saturated rings. The number of hydrogen-bond acceptors (Lipinski definition) is 3. The predicted octanol–water partition coefficient (Wildman–Crippen LogP) is 5.12. The number of hydrogen-bond donors (Lipinski definition) is 0. The van der Waals surface area contributed by atoms with E-state index in [2.05, 4.69) is 6.92 Å². The number of aryl methyl sites for hydroxylation is 1. The van der Waals surface area contributed by atoms with Gasteiger partial charge in [-0.25, -0.2) is 4.39 Å². The normalized spacial score (nSPS) is 19.8. The minimum Gasteiger partial charge on any atom is -0.490 e. The Morgan fingerprint density at radius 1 is 1.17 bits per heavy atom. The van der Waals surface area contributed by atoms with Crippen LogP contribution in [-0.2, 0) is 15.9 Å². The molecule has 1 aliphatic heterocycles. The number of halogens is 1. The maximum absolute atomic E-state index is 13.2. The van der Waals surface area contributed by atoms with E-state index in [1.54, 1.807) is 6.07 Å². The van der Waals surface area contributed by atoms with Gasteiger partial charge in [0.1, 0.15) is 0 Å². The van der Waals surface area contributed by atoms with E-state index in [1.165, 1.54) is 18.9 Å². The molecule has 3 nitrogen and oxygen atoms in total. The van der Waals surface area contributed by atoms with E-state index >= 15 is 0 Å². The van der Waals surface area contributed by atoms with Crippen LogP contribution >= 0.6 is 0 Å². The molecule has 1 saturated heterocycles. The van der Waals surface area contributed by atoms with Crippen molar-refractivity contribution in [3.8, 4) is 5.75 Å². The summed E-state index contributed by atoms with van der Waals surface area (Å²) in [6.45, 7) is 8.48. The number of benzene rings is 1. The highest BCUT2D eigenvalue weighted by atomic mass is 19.1. The van der Waals surface area contributed by atoms with Crippen LogP contribution in [0.3, 0.4) is 0 Å². The molecule has 4 heteroatoms. The second-order valence-electron chi connectivity index (χ2n) is 6.72. The topological polar surface area (TPSA) is 27.7 Å². The lowest BCUT2D eigenvalue weighted by Gasteiger charge is -2.33. The molecule has 1 aromatic rings. The summed E-state index contributed by atoms with van der Waals surface area (Å²) >= 11 is 0. The van der Waals surface area contributed by atoms with E-state index in [9.17, 15) is 4.39 Å². The van der Waals surface area contributed by atoms with Gasteiger partial charge in [0.25, 0.3) is 0 Å². The van der Waals surface area contributed by atoms with Crippen molar-refractivity contribution in [1.29, 1.82) is 0 Å². The first-order chi connectivity index (χ1) is 11.6. The Labute approximate surface area is 145 Å². The molecule has 0 bridgehead atoms. The third-order valence-electron chi connectivity index (χ3n) is 4.73. The average molecular weight is 338 g/mol. The van der Waals surface area contributed by atoms with Gasteiger partial charge in [0.2, 0.25) is 0 Å². The highest BCUT2D eigenvalue weighted by Crippen LogP contribution is 2.37. The smallest absolute Gasteiger partial charge is 0.168 e.